The molecule has 1 fully saturated rings. The van der Waals surface area contributed by atoms with Crippen LogP contribution in [0.3, 0.4) is 0 Å². The van der Waals surface area contributed by atoms with Crippen LogP contribution in [0.15, 0.2) is 23.5 Å². The first-order valence-corrected chi connectivity index (χ1v) is 8.33. The number of aromatic amines is 1. The minimum atomic E-state index is -3.52. The molecule has 0 aliphatic heterocycles. The lowest BCUT2D eigenvalue weighted by Gasteiger charge is -2.04. The third-order valence-electron chi connectivity index (χ3n) is 3.49. The molecular weight excluding hydrogens is 292 g/mol. The fraction of sp³-hybridized carbons (Fsp3) is 0.500. The van der Waals surface area contributed by atoms with E-state index in [9.17, 15) is 8.42 Å². The number of rotatable bonds is 7. The zero-order valence-corrected chi connectivity index (χ0v) is 12.3. The third kappa shape index (κ3) is 3.14. The van der Waals surface area contributed by atoms with Crippen molar-refractivity contribution in [3.05, 3.63) is 30.1 Å². The maximum atomic E-state index is 12.3. The first-order valence-electron chi connectivity index (χ1n) is 6.85. The fourth-order valence-corrected chi connectivity index (χ4v) is 3.32. The summed E-state index contributed by atoms with van der Waals surface area (Å²) in [5.41, 5.74) is 6.54. The van der Waals surface area contributed by atoms with Gasteiger partial charge in [0.05, 0.1) is 4.90 Å². The third-order valence-corrected chi connectivity index (χ3v) is 4.91. The summed E-state index contributed by atoms with van der Waals surface area (Å²) >= 11 is 0. The molecule has 1 aliphatic rings. The Morgan fingerprint density at radius 2 is 2.29 bits per heavy atom. The van der Waals surface area contributed by atoms with E-state index in [0.717, 1.165) is 18.5 Å². The van der Waals surface area contributed by atoms with E-state index in [1.165, 1.54) is 6.33 Å². The number of H-pyrrole nitrogens is 1. The van der Waals surface area contributed by atoms with E-state index in [2.05, 4.69) is 19.9 Å². The van der Waals surface area contributed by atoms with Gasteiger partial charge in [-0.3, -0.25) is 5.10 Å². The minimum absolute atomic E-state index is 0.268. The lowest BCUT2D eigenvalue weighted by atomic mass is 10.4. The van der Waals surface area contributed by atoms with Crippen LogP contribution >= 0.6 is 0 Å². The summed E-state index contributed by atoms with van der Waals surface area (Å²) in [6.07, 6.45) is 5.70. The Morgan fingerprint density at radius 1 is 1.48 bits per heavy atom. The summed E-state index contributed by atoms with van der Waals surface area (Å²) in [5, 5.41) is 6.41. The van der Waals surface area contributed by atoms with Crippen molar-refractivity contribution in [1.29, 1.82) is 0 Å². The topological polar surface area (TPSA) is 119 Å². The Kier molecular flexibility index (Phi) is 3.79. The molecule has 1 aliphatic carbocycles. The van der Waals surface area contributed by atoms with Crippen LogP contribution in [-0.4, -0.2) is 34.7 Å². The Hall–Kier alpha value is -1.71. The highest BCUT2D eigenvalue weighted by molar-refractivity contribution is 7.89. The van der Waals surface area contributed by atoms with E-state index in [-0.39, 0.29) is 11.4 Å². The molecule has 0 bridgehead atoms. The number of nitrogens with two attached hydrogens (primary N) is 1. The molecule has 21 heavy (non-hydrogen) atoms. The molecule has 2 aromatic heterocycles. The second-order valence-corrected chi connectivity index (χ2v) is 6.86. The van der Waals surface area contributed by atoms with Gasteiger partial charge >= 0.3 is 0 Å². The summed E-state index contributed by atoms with van der Waals surface area (Å²) in [6, 6.07) is 2.05. The van der Waals surface area contributed by atoms with Crippen molar-refractivity contribution in [3.8, 4) is 0 Å². The van der Waals surface area contributed by atoms with Crippen molar-refractivity contribution >= 4 is 10.0 Å². The van der Waals surface area contributed by atoms with Crippen LogP contribution in [0.25, 0.3) is 0 Å². The van der Waals surface area contributed by atoms with Gasteiger partial charge in [0.2, 0.25) is 10.0 Å². The van der Waals surface area contributed by atoms with Crippen LogP contribution < -0.4 is 10.5 Å². The van der Waals surface area contributed by atoms with Crippen molar-refractivity contribution in [2.24, 2.45) is 5.73 Å². The zero-order chi connectivity index (χ0) is 14.9. The summed E-state index contributed by atoms with van der Waals surface area (Å²) in [5.74, 6) is 0.649. The number of aromatic nitrogens is 4. The number of hydrogen-bond donors (Lipinski definition) is 3. The first-order chi connectivity index (χ1) is 10.1. The van der Waals surface area contributed by atoms with Crippen molar-refractivity contribution in [2.75, 3.05) is 6.54 Å². The van der Waals surface area contributed by atoms with Gasteiger partial charge in [-0.2, -0.15) is 5.10 Å². The van der Waals surface area contributed by atoms with Crippen molar-refractivity contribution in [2.45, 2.75) is 36.7 Å². The second kappa shape index (κ2) is 5.58. The molecule has 2 heterocycles. The SMILES string of the molecule is NCc1cc(S(=O)(=O)NCCc2ncn[nH]2)cn1C1CC1. The molecular formula is C12H18N6O2S. The molecule has 4 N–H and O–H groups in total. The van der Waals surface area contributed by atoms with Gasteiger partial charge in [-0.05, 0) is 18.9 Å². The first kappa shape index (κ1) is 14.2. The number of nitrogens with zero attached hydrogens (tertiary/aromatic N) is 3. The van der Waals surface area contributed by atoms with Gasteiger partial charge in [0.25, 0.3) is 0 Å². The van der Waals surface area contributed by atoms with E-state index in [1.807, 2.05) is 4.57 Å². The van der Waals surface area contributed by atoms with Crippen molar-refractivity contribution in [3.63, 3.8) is 0 Å². The van der Waals surface area contributed by atoms with Crippen LogP contribution in [0.1, 0.15) is 30.4 Å². The van der Waals surface area contributed by atoms with E-state index in [0.29, 0.717) is 24.8 Å². The lowest BCUT2D eigenvalue weighted by Crippen LogP contribution is -2.26. The Morgan fingerprint density at radius 3 is 2.90 bits per heavy atom. The number of sulfonamides is 1. The van der Waals surface area contributed by atoms with Gasteiger partial charge in [-0.1, -0.05) is 0 Å². The molecule has 0 spiro atoms. The average Bonchev–Trinajstić information content (AvgIpc) is 3.00. The van der Waals surface area contributed by atoms with Crippen molar-refractivity contribution in [1.82, 2.24) is 24.5 Å². The Balaban J connectivity index is 1.69. The summed E-state index contributed by atoms with van der Waals surface area (Å²) in [7, 11) is -3.52. The summed E-state index contributed by atoms with van der Waals surface area (Å²) in [6.45, 7) is 0.605. The van der Waals surface area contributed by atoms with Crippen molar-refractivity contribution < 1.29 is 8.42 Å². The van der Waals surface area contributed by atoms with Gasteiger partial charge in [-0.25, -0.2) is 18.1 Å². The molecule has 0 amide bonds. The number of hydrogen-bond acceptors (Lipinski definition) is 5. The van der Waals surface area contributed by atoms with Crippen LogP contribution in [0.5, 0.6) is 0 Å². The van der Waals surface area contributed by atoms with Crippen LogP contribution in [0.4, 0.5) is 0 Å². The highest BCUT2D eigenvalue weighted by atomic mass is 32.2. The average molecular weight is 310 g/mol. The van der Waals surface area contributed by atoms with E-state index in [4.69, 9.17) is 5.73 Å². The lowest BCUT2D eigenvalue weighted by molar-refractivity contribution is 0.580. The normalized spacial score (nSPS) is 15.5. The quantitative estimate of drug-likeness (QED) is 0.661. The molecule has 0 saturated heterocycles. The fourth-order valence-electron chi connectivity index (χ4n) is 2.24. The molecule has 2 aromatic rings. The molecule has 1 saturated carbocycles. The molecule has 0 unspecified atom stereocenters. The Labute approximate surface area is 122 Å². The Bertz CT molecular complexity index is 702. The summed E-state index contributed by atoms with van der Waals surface area (Å²) < 4.78 is 29.1. The van der Waals surface area contributed by atoms with Gasteiger partial charge in [-0.15, -0.1) is 0 Å². The highest BCUT2D eigenvalue weighted by Crippen LogP contribution is 2.37. The molecule has 0 radical (unpaired) electrons. The maximum absolute atomic E-state index is 12.3. The minimum Gasteiger partial charge on any atom is -0.346 e. The smallest absolute Gasteiger partial charge is 0.242 e. The molecule has 9 heteroatoms. The largest absolute Gasteiger partial charge is 0.346 e. The standard InChI is InChI=1S/C12H18N6O2S/c13-6-10-5-11(7-18(10)9-1-2-9)21(19,20)16-4-3-12-14-8-15-17-12/h5,7-9,16H,1-4,6,13H2,(H,14,15,17). The van der Waals surface area contributed by atoms with Gasteiger partial charge in [0.15, 0.2) is 0 Å². The van der Waals surface area contributed by atoms with Gasteiger partial charge < -0.3 is 10.3 Å². The molecule has 8 nitrogen and oxygen atoms in total. The van der Waals surface area contributed by atoms with Gasteiger partial charge in [0, 0.05) is 37.4 Å². The predicted molar refractivity (Wildman–Crippen MR) is 75.9 cm³/mol. The van der Waals surface area contributed by atoms with E-state index < -0.39 is 10.0 Å². The molecule has 0 atom stereocenters. The molecule has 114 valence electrons. The maximum Gasteiger partial charge on any atom is 0.242 e. The second-order valence-electron chi connectivity index (χ2n) is 5.09. The van der Waals surface area contributed by atoms with E-state index >= 15 is 0 Å². The van der Waals surface area contributed by atoms with Crippen LogP contribution in [-0.2, 0) is 23.0 Å². The zero-order valence-electron chi connectivity index (χ0n) is 11.5. The van der Waals surface area contributed by atoms with Crippen LogP contribution in [0.2, 0.25) is 0 Å². The predicted octanol–water partition coefficient (Wildman–Crippen LogP) is -0.0792. The summed E-state index contributed by atoms with van der Waals surface area (Å²) in [4.78, 5) is 4.22. The van der Waals surface area contributed by atoms with Gasteiger partial charge in [0.1, 0.15) is 12.2 Å². The monoisotopic (exact) mass is 310 g/mol. The highest BCUT2D eigenvalue weighted by Gasteiger charge is 2.27. The molecule has 3 rings (SSSR count). The van der Waals surface area contributed by atoms with Crippen LogP contribution in [0, 0.1) is 0 Å². The van der Waals surface area contributed by atoms with E-state index in [1.54, 1.807) is 12.3 Å². The molecule has 0 aromatic carbocycles. The number of nitrogens with one attached hydrogen (secondary N) is 2.